The number of hydrogen-bond donors (Lipinski definition) is 1. The molecular formula is C19H23ClN2O3S. The largest absolute Gasteiger partial charge is 0.337 e. The van der Waals surface area contributed by atoms with E-state index in [-0.39, 0.29) is 23.9 Å². The van der Waals surface area contributed by atoms with E-state index in [1.54, 1.807) is 35.2 Å². The molecule has 2 aromatic rings. The summed E-state index contributed by atoms with van der Waals surface area (Å²) < 4.78 is 27.3. The second-order valence-corrected chi connectivity index (χ2v) is 8.10. The first-order valence-corrected chi connectivity index (χ1v) is 10.3. The Hall–Kier alpha value is -1.89. The highest BCUT2D eigenvalue weighted by Crippen LogP contribution is 2.17. The molecule has 1 N–H and O–H groups in total. The van der Waals surface area contributed by atoms with E-state index in [0.29, 0.717) is 11.6 Å². The average molecular weight is 395 g/mol. The summed E-state index contributed by atoms with van der Waals surface area (Å²) in [6, 6.07) is 14.1. The van der Waals surface area contributed by atoms with Gasteiger partial charge in [0, 0.05) is 31.6 Å². The van der Waals surface area contributed by atoms with Crippen LogP contribution in [-0.4, -0.2) is 32.3 Å². The molecule has 0 spiro atoms. The van der Waals surface area contributed by atoms with Crippen LogP contribution in [0.5, 0.6) is 0 Å². The Morgan fingerprint density at radius 3 is 2.35 bits per heavy atom. The minimum atomic E-state index is -3.60. The van der Waals surface area contributed by atoms with Gasteiger partial charge in [0.05, 0.1) is 4.90 Å². The number of carbonyl (C=O) groups excluding carboxylic acids is 1. The van der Waals surface area contributed by atoms with E-state index in [0.717, 1.165) is 17.5 Å². The summed E-state index contributed by atoms with van der Waals surface area (Å²) in [4.78, 5) is 13.6. The maximum Gasteiger partial charge on any atom is 0.240 e. The van der Waals surface area contributed by atoms with Gasteiger partial charge in [0.1, 0.15) is 0 Å². The molecule has 0 aliphatic carbocycles. The lowest BCUT2D eigenvalue weighted by Gasteiger charge is -2.22. The van der Waals surface area contributed by atoms with Crippen LogP contribution >= 0.6 is 11.6 Å². The van der Waals surface area contributed by atoms with Crippen LogP contribution < -0.4 is 4.72 Å². The Bertz CT molecular complexity index is 851. The van der Waals surface area contributed by atoms with Gasteiger partial charge in [0.15, 0.2) is 0 Å². The van der Waals surface area contributed by atoms with Crippen molar-refractivity contribution >= 4 is 27.5 Å². The number of nitrogens with zero attached hydrogens (tertiary/aromatic N) is 1. The molecule has 0 aliphatic heterocycles. The van der Waals surface area contributed by atoms with E-state index in [1.807, 2.05) is 25.1 Å². The summed E-state index contributed by atoms with van der Waals surface area (Å²) in [6.07, 6.45) is 0.851. The molecule has 140 valence electrons. The SMILES string of the molecule is CCc1ccc(S(=O)(=O)NCCN(Cc2ccccc2Cl)C(C)=O)cc1. The zero-order valence-electron chi connectivity index (χ0n) is 14.9. The molecule has 0 saturated heterocycles. The molecule has 2 rings (SSSR count). The van der Waals surface area contributed by atoms with Crippen LogP contribution in [0.25, 0.3) is 0 Å². The standard InChI is InChI=1S/C19H23ClN2O3S/c1-3-16-8-10-18(11-9-16)26(24,25)21-12-13-22(15(2)23)14-17-6-4-5-7-19(17)20/h4-11,21H,3,12-14H2,1-2H3. The first kappa shape index (κ1) is 20.4. The molecule has 0 radical (unpaired) electrons. The smallest absolute Gasteiger partial charge is 0.240 e. The van der Waals surface area contributed by atoms with E-state index in [4.69, 9.17) is 11.6 Å². The molecule has 0 bridgehead atoms. The number of benzene rings is 2. The normalized spacial score (nSPS) is 11.3. The molecular weight excluding hydrogens is 372 g/mol. The van der Waals surface area contributed by atoms with Crippen LogP contribution in [0, 0.1) is 0 Å². The zero-order valence-corrected chi connectivity index (χ0v) is 16.5. The van der Waals surface area contributed by atoms with Crippen molar-refractivity contribution in [3.63, 3.8) is 0 Å². The number of aryl methyl sites for hydroxylation is 1. The van der Waals surface area contributed by atoms with Crippen molar-refractivity contribution in [2.24, 2.45) is 0 Å². The number of carbonyl (C=O) groups is 1. The highest BCUT2D eigenvalue weighted by atomic mass is 35.5. The van der Waals surface area contributed by atoms with Crippen LogP contribution in [0.15, 0.2) is 53.4 Å². The first-order valence-electron chi connectivity index (χ1n) is 8.41. The molecule has 1 amide bonds. The van der Waals surface area contributed by atoms with Gasteiger partial charge in [0.25, 0.3) is 0 Å². The Morgan fingerprint density at radius 2 is 1.77 bits per heavy atom. The molecule has 0 aromatic heterocycles. The third kappa shape index (κ3) is 5.56. The minimum Gasteiger partial charge on any atom is -0.337 e. The van der Waals surface area contributed by atoms with Crippen LogP contribution in [-0.2, 0) is 27.8 Å². The highest BCUT2D eigenvalue weighted by molar-refractivity contribution is 7.89. The highest BCUT2D eigenvalue weighted by Gasteiger charge is 2.16. The maximum atomic E-state index is 12.4. The fourth-order valence-electron chi connectivity index (χ4n) is 2.48. The van der Waals surface area contributed by atoms with Gasteiger partial charge in [-0.2, -0.15) is 0 Å². The van der Waals surface area contributed by atoms with Crippen molar-refractivity contribution in [2.45, 2.75) is 31.7 Å². The van der Waals surface area contributed by atoms with Crippen molar-refractivity contribution < 1.29 is 13.2 Å². The van der Waals surface area contributed by atoms with Crippen LogP contribution in [0.1, 0.15) is 25.0 Å². The van der Waals surface area contributed by atoms with E-state index in [9.17, 15) is 13.2 Å². The van der Waals surface area contributed by atoms with Crippen LogP contribution in [0.2, 0.25) is 5.02 Å². The van der Waals surface area contributed by atoms with Crippen molar-refractivity contribution in [3.8, 4) is 0 Å². The molecule has 0 atom stereocenters. The third-order valence-corrected chi connectivity index (χ3v) is 5.93. The van der Waals surface area contributed by atoms with Crippen LogP contribution in [0.4, 0.5) is 0 Å². The monoisotopic (exact) mass is 394 g/mol. The summed E-state index contributed by atoms with van der Waals surface area (Å²) in [6.45, 7) is 4.18. The van der Waals surface area contributed by atoms with Crippen molar-refractivity contribution in [1.29, 1.82) is 0 Å². The molecule has 0 heterocycles. The Labute approximate surface area is 160 Å². The van der Waals surface area contributed by atoms with Gasteiger partial charge >= 0.3 is 0 Å². The maximum absolute atomic E-state index is 12.4. The van der Waals surface area contributed by atoms with E-state index in [1.165, 1.54) is 6.92 Å². The quantitative estimate of drug-likeness (QED) is 0.747. The van der Waals surface area contributed by atoms with Gasteiger partial charge in [-0.25, -0.2) is 13.1 Å². The van der Waals surface area contributed by atoms with Gasteiger partial charge in [-0.3, -0.25) is 4.79 Å². The molecule has 0 saturated carbocycles. The molecule has 26 heavy (non-hydrogen) atoms. The lowest BCUT2D eigenvalue weighted by molar-refractivity contribution is -0.129. The fourth-order valence-corrected chi connectivity index (χ4v) is 3.70. The first-order chi connectivity index (χ1) is 12.3. The number of halogens is 1. The molecule has 0 unspecified atom stereocenters. The second-order valence-electron chi connectivity index (χ2n) is 5.93. The van der Waals surface area contributed by atoms with E-state index >= 15 is 0 Å². The minimum absolute atomic E-state index is 0.127. The van der Waals surface area contributed by atoms with Crippen molar-refractivity contribution in [3.05, 3.63) is 64.7 Å². The lowest BCUT2D eigenvalue weighted by Crippen LogP contribution is -2.37. The Morgan fingerprint density at radius 1 is 1.12 bits per heavy atom. The Kier molecular flexibility index (Phi) is 7.20. The Balaban J connectivity index is 1.98. The number of amides is 1. The summed E-state index contributed by atoms with van der Waals surface area (Å²) in [5.74, 6) is -0.142. The molecule has 0 fully saturated rings. The number of hydrogen-bond acceptors (Lipinski definition) is 3. The number of rotatable bonds is 8. The third-order valence-electron chi connectivity index (χ3n) is 4.08. The second kappa shape index (κ2) is 9.16. The fraction of sp³-hybridized carbons (Fsp3) is 0.316. The van der Waals surface area contributed by atoms with Crippen molar-refractivity contribution in [2.75, 3.05) is 13.1 Å². The molecule has 0 aliphatic rings. The zero-order chi connectivity index (χ0) is 19.2. The summed E-state index contributed by atoms with van der Waals surface area (Å²) in [5.41, 5.74) is 1.90. The molecule has 2 aromatic carbocycles. The number of nitrogens with one attached hydrogen (secondary N) is 1. The lowest BCUT2D eigenvalue weighted by atomic mass is 10.2. The van der Waals surface area contributed by atoms with E-state index < -0.39 is 10.0 Å². The predicted molar refractivity (Wildman–Crippen MR) is 104 cm³/mol. The van der Waals surface area contributed by atoms with Gasteiger partial charge in [-0.1, -0.05) is 48.9 Å². The topological polar surface area (TPSA) is 66.5 Å². The van der Waals surface area contributed by atoms with E-state index in [2.05, 4.69) is 4.72 Å². The van der Waals surface area contributed by atoms with Gasteiger partial charge in [0.2, 0.25) is 15.9 Å². The number of sulfonamides is 1. The average Bonchev–Trinajstić information content (AvgIpc) is 2.62. The predicted octanol–water partition coefficient (Wildman–Crippen LogP) is 3.23. The van der Waals surface area contributed by atoms with Crippen LogP contribution in [0.3, 0.4) is 0 Å². The van der Waals surface area contributed by atoms with Gasteiger partial charge < -0.3 is 4.90 Å². The van der Waals surface area contributed by atoms with Gasteiger partial charge in [-0.05, 0) is 35.7 Å². The molecule has 5 nitrogen and oxygen atoms in total. The van der Waals surface area contributed by atoms with Crippen molar-refractivity contribution in [1.82, 2.24) is 9.62 Å². The summed E-state index contributed by atoms with van der Waals surface area (Å²) >= 11 is 6.13. The molecule has 7 heteroatoms. The summed E-state index contributed by atoms with van der Waals surface area (Å²) in [7, 11) is -3.60. The summed E-state index contributed by atoms with van der Waals surface area (Å²) in [5, 5.41) is 0.579. The van der Waals surface area contributed by atoms with Gasteiger partial charge in [-0.15, -0.1) is 0 Å².